The maximum Gasteiger partial charge on any atom is 0.0496 e. The van der Waals surface area contributed by atoms with Crippen LogP contribution in [0, 0.1) is 11.8 Å². The third-order valence-electron chi connectivity index (χ3n) is 4.07. The average Bonchev–Trinajstić information content (AvgIpc) is 2.29. The van der Waals surface area contributed by atoms with Gasteiger partial charge >= 0.3 is 0 Å². The minimum absolute atomic E-state index is 0.802. The number of hydrogen-bond donors (Lipinski definition) is 1. The molecule has 2 nitrogen and oxygen atoms in total. The van der Waals surface area contributed by atoms with E-state index >= 15 is 0 Å². The summed E-state index contributed by atoms with van der Waals surface area (Å²) in [5.74, 6) is 1.83. The Balaban J connectivity index is 1.71. The van der Waals surface area contributed by atoms with Crippen LogP contribution in [-0.4, -0.2) is 25.8 Å². The Labute approximate surface area is 93.8 Å². The lowest BCUT2D eigenvalue weighted by molar-refractivity contribution is -0.00783. The van der Waals surface area contributed by atoms with Crippen LogP contribution in [0.2, 0.25) is 0 Å². The molecule has 0 aromatic rings. The first-order chi connectivity index (χ1) is 7.40. The molecule has 1 heterocycles. The topological polar surface area (TPSA) is 21.3 Å². The van der Waals surface area contributed by atoms with E-state index in [1.54, 1.807) is 0 Å². The Morgan fingerprint density at radius 1 is 1.20 bits per heavy atom. The van der Waals surface area contributed by atoms with Crippen molar-refractivity contribution in [3.05, 3.63) is 0 Å². The molecule has 1 aliphatic heterocycles. The lowest BCUT2D eigenvalue weighted by atomic mass is 9.75. The van der Waals surface area contributed by atoms with Crippen molar-refractivity contribution >= 4 is 0 Å². The van der Waals surface area contributed by atoms with Gasteiger partial charge in [-0.2, -0.15) is 0 Å². The van der Waals surface area contributed by atoms with Crippen LogP contribution in [0.4, 0.5) is 0 Å². The molecule has 0 amide bonds. The first-order valence-electron chi connectivity index (χ1n) is 6.71. The zero-order valence-corrected chi connectivity index (χ0v) is 10.0. The predicted molar refractivity (Wildman–Crippen MR) is 63.0 cm³/mol. The van der Waals surface area contributed by atoms with E-state index in [9.17, 15) is 0 Å². The van der Waals surface area contributed by atoms with Gasteiger partial charge in [0, 0.05) is 19.3 Å². The summed E-state index contributed by atoms with van der Waals surface area (Å²) in [7, 11) is 0. The lowest BCUT2D eigenvalue weighted by Crippen LogP contribution is -2.41. The number of unbranched alkanes of at least 4 members (excludes halogenated alkanes) is 1. The van der Waals surface area contributed by atoms with Crippen molar-refractivity contribution in [2.75, 3.05) is 19.8 Å². The maximum atomic E-state index is 5.55. The molecule has 0 spiro atoms. The highest BCUT2D eigenvalue weighted by molar-refractivity contribution is 4.85. The van der Waals surface area contributed by atoms with E-state index in [4.69, 9.17) is 4.74 Å². The summed E-state index contributed by atoms with van der Waals surface area (Å²) in [4.78, 5) is 0. The van der Waals surface area contributed by atoms with Gasteiger partial charge in [-0.15, -0.1) is 0 Å². The molecule has 3 unspecified atom stereocenters. The second kappa shape index (κ2) is 5.86. The standard InChI is InChI=1S/C13H25NO/c1-2-3-7-14-13-5-4-12-10-15-8-6-11(12)9-13/h11-14H,2-10H2,1H3. The summed E-state index contributed by atoms with van der Waals surface area (Å²) in [5, 5.41) is 3.71. The number of fused-ring (bicyclic) bond motifs is 1. The van der Waals surface area contributed by atoms with E-state index in [0.29, 0.717) is 0 Å². The molecule has 2 fully saturated rings. The molecule has 2 rings (SSSR count). The van der Waals surface area contributed by atoms with Gasteiger partial charge in [-0.1, -0.05) is 13.3 Å². The van der Waals surface area contributed by atoms with Crippen LogP contribution in [0.5, 0.6) is 0 Å². The zero-order valence-electron chi connectivity index (χ0n) is 10.0. The van der Waals surface area contributed by atoms with E-state index in [1.165, 1.54) is 45.1 Å². The minimum Gasteiger partial charge on any atom is -0.381 e. The molecule has 15 heavy (non-hydrogen) atoms. The first-order valence-corrected chi connectivity index (χ1v) is 6.71. The highest BCUT2D eigenvalue weighted by Gasteiger charge is 2.32. The van der Waals surface area contributed by atoms with Gasteiger partial charge < -0.3 is 10.1 Å². The monoisotopic (exact) mass is 211 g/mol. The Morgan fingerprint density at radius 3 is 3.00 bits per heavy atom. The highest BCUT2D eigenvalue weighted by Crippen LogP contribution is 2.35. The van der Waals surface area contributed by atoms with Crippen molar-refractivity contribution < 1.29 is 4.74 Å². The number of hydrogen-bond acceptors (Lipinski definition) is 2. The normalized spacial score (nSPS) is 36.2. The fourth-order valence-electron chi connectivity index (χ4n) is 3.04. The Hall–Kier alpha value is -0.0800. The Kier molecular flexibility index (Phi) is 4.45. The molecular formula is C13H25NO. The van der Waals surface area contributed by atoms with Crippen molar-refractivity contribution in [1.29, 1.82) is 0 Å². The SMILES string of the molecule is CCCCNC1CCC2COCCC2C1. The number of ether oxygens (including phenoxy) is 1. The van der Waals surface area contributed by atoms with Gasteiger partial charge in [0.25, 0.3) is 0 Å². The highest BCUT2D eigenvalue weighted by atomic mass is 16.5. The lowest BCUT2D eigenvalue weighted by Gasteiger charge is -2.39. The van der Waals surface area contributed by atoms with Crippen molar-refractivity contribution in [2.24, 2.45) is 11.8 Å². The molecule has 1 N–H and O–H groups in total. The van der Waals surface area contributed by atoms with Crippen molar-refractivity contribution in [2.45, 2.75) is 51.5 Å². The molecule has 0 aromatic heterocycles. The van der Waals surface area contributed by atoms with Crippen molar-refractivity contribution in [3.63, 3.8) is 0 Å². The van der Waals surface area contributed by atoms with Gasteiger partial charge in [0.1, 0.15) is 0 Å². The quantitative estimate of drug-likeness (QED) is 0.722. The van der Waals surface area contributed by atoms with E-state index in [1.807, 2.05) is 0 Å². The Bertz CT molecular complexity index is 181. The third kappa shape index (κ3) is 3.18. The number of nitrogens with one attached hydrogen (secondary N) is 1. The van der Waals surface area contributed by atoms with Crippen LogP contribution < -0.4 is 5.32 Å². The van der Waals surface area contributed by atoms with Crippen LogP contribution in [-0.2, 0) is 4.74 Å². The summed E-state index contributed by atoms with van der Waals surface area (Å²) in [6, 6.07) is 0.802. The molecule has 0 bridgehead atoms. The van der Waals surface area contributed by atoms with Crippen LogP contribution in [0.15, 0.2) is 0 Å². The third-order valence-corrected chi connectivity index (χ3v) is 4.07. The van der Waals surface area contributed by atoms with Gasteiger partial charge in [-0.05, 0) is 50.5 Å². The first kappa shape index (κ1) is 11.4. The van der Waals surface area contributed by atoms with Crippen LogP contribution in [0.25, 0.3) is 0 Å². The van der Waals surface area contributed by atoms with Gasteiger partial charge in [-0.25, -0.2) is 0 Å². The van der Waals surface area contributed by atoms with Gasteiger partial charge in [0.05, 0.1) is 0 Å². The predicted octanol–water partition coefficient (Wildman–Crippen LogP) is 2.58. The number of rotatable bonds is 4. The fraction of sp³-hybridized carbons (Fsp3) is 1.00. The van der Waals surface area contributed by atoms with Gasteiger partial charge in [0.15, 0.2) is 0 Å². The fourth-order valence-corrected chi connectivity index (χ4v) is 3.04. The molecule has 1 saturated heterocycles. The van der Waals surface area contributed by atoms with E-state index in [2.05, 4.69) is 12.2 Å². The van der Waals surface area contributed by atoms with Crippen molar-refractivity contribution in [3.8, 4) is 0 Å². The van der Waals surface area contributed by atoms with Gasteiger partial charge in [0.2, 0.25) is 0 Å². The van der Waals surface area contributed by atoms with E-state index in [0.717, 1.165) is 31.1 Å². The average molecular weight is 211 g/mol. The summed E-state index contributed by atoms with van der Waals surface area (Å²) in [6.07, 6.45) is 8.09. The molecule has 1 saturated carbocycles. The molecular weight excluding hydrogens is 186 g/mol. The van der Waals surface area contributed by atoms with E-state index < -0.39 is 0 Å². The minimum atomic E-state index is 0.802. The van der Waals surface area contributed by atoms with Crippen LogP contribution in [0.1, 0.15) is 45.4 Å². The molecule has 2 aliphatic rings. The summed E-state index contributed by atoms with van der Waals surface area (Å²) in [6.45, 7) is 5.52. The van der Waals surface area contributed by atoms with Crippen LogP contribution >= 0.6 is 0 Å². The van der Waals surface area contributed by atoms with Gasteiger partial charge in [-0.3, -0.25) is 0 Å². The summed E-state index contributed by atoms with van der Waals surface area (Å²) < 4.78 is 5.55. The van der Waals surface area contributed by atoms with Crippen LogP contribution in [0.3, 0.4) is 0 Å². The molecule has 0 radical (unpaired) electrons. The Morgan fingerprint density at radius 2 is 2.13 bits per heavy atom. The zero-order chi connectivity index (χ0) is 10.5. The summed E-state index contributed by atoms with van der Waals surface area (Å²) in [5.41, 5.74) is 0. The second-order valence-electron chi connectivity index (χ2n) is 5.20. The summed E-state index contributed by atoms with van der Waals surface area (Å²) >= 11 is 0. The molecule has 3 atom stereocenters. The molecule has 1 aliphatic carbocycles. The molecule has 88 valence electrons. The largest absolute Gasteiger partial charge is 0.381 e. The van der Waals surface area contributed by atoms with E-state index in [-0.39, 0.29) is 0 Å². The molecule has 2 heteroatoms. The van der Waals surface area contributed by atoms with Crippen molar-refractivity contribution in [1.82, 2.24) is 5.32 Å². The molecule has 0 aromatic carbocycles. The second-order valence-corrected chi connectivity index (χ2v) is 5.20. The smallest absolute Gasteiger partial charge is 0.0496 e. The maximum absolute atomic E-state index is 5.55.